The third-order valence-electron chi connectivity index (χ3n) is 3.74. The minimum absolute atomic E-state index is 0.156. The molecule has 5 nitrogen and oxygen atoms in total. The van der Waals surface area contributed by atoms with Crippen molar-refractivity contribution in [1.82, 2.24) is 9.80 Å². The molecule has 18 heavy (non-hydrogen) atoms. The molecule has 0 spiro atoms. The van der Waals surface area contributed by atoms with E-state index < -0.39 is 5.97 Å². The van der Waals surface area contributed by atoms with Crippen LogP contribution in [-0.2, 0) is 9.59 Å². The number of likely N-dealkylation sites (N-methyl/N-ethyl adjacent to an activating group) is 1. The lowest BCUT2D eigenvalue weighted by Crippen LogP contribution is -2.56. The number of unbranched alkanes of at least 4 members (excludes halogenated alkanes) is 1. The summed E-state index contributed by atoms with van der Waals surface area (Å²) in [5.74, 6) is -0.628. The zero-order chi connectivity index (χ0) is 13.7. The molecule has 2 unspecified atom stereocenters. The number of carboxylic acids is 1. The first-order valence-electron chi connectivity index (χ1n) is 6.63. The lowest BCUT2D eigenvalue weighted by molar-refractivity contribution is -0.138. The van der Waals surface area contributed by atoms with Gasteiger partial charge in [0.1, 0.15) is 0 Å². The maximum atomic E-state index is 12.0. The summed E-state index contributed by atoms with van der Waals surface area (Å²) in [5, 5.41) is 8.53. The van der Waals surface area contributed by atoms with E-state index in [0.29, 0.717) is 31.3 Å². The predicted molar refractivity (Wildman–Crippen MR) is 69.4 cm³/mol. The predicted octanol–water partition coefficient (Wildman–Crippen LogP) is 1.18. The Kier molecular flexibility index (Phi) is 5.59. The number of carbonyl (C=O) groups excluding carboxylic acids is 1. The van der Waals surface area contributed by atoms with Crippen molar-refractivity contribution in [2.75, 3.05) is 20.1 Å². The Balaban J connectivity index is 2.31. The molecule has 1 fully saturated rings. The minimum atomic E-state index is -0.788. The van der Waals surface area contributed by atoms with E-state index in [1.54, 1.807) is 0 Å². The quantitative estimate of drug-likeness (QED) is 0.750. The van der Waals surface area contributed by atoms with Crippen LogP contribution in [0.1, 0.15) is 39.5 Å². The molecule has 0 aromatic rings. The van der Waals surface area contributed by atoms with Crippen molar-refractivity contribution in [2.24, 2.45) is 0 Å². The molecule has 2 atom stereocenters. The molecule has 0 aromatic heterocycles. The summed E-state index contributed by atoms with van der Waals surface area (Å²) >= 11 is 0. The number of carboxylic acid groups (broad SMARTS) is 1. The smallest absolute Gasteiger partial charge is 0.303 e. The fourth-order valence-corrected chi connectivity index (χ4v) is 2.32. The van der Waals surface area contributed by atoms with E-state index in [9.17, 15) is 9.59 Å². The first-order valence-corrected chi connectivity index (χ1v) is 6.63. The van der Waals surface area contributed by atoms with Gasteiger partial charge in [0.15, 0.2) is 0 Å². The highest BCUT2D eigenvalue weighted by molar-refractivity contribution is 5.76. The molecular weight excluding hydrogens is 232 g/mol. The van der Waals surface area contributed by atoms with Crippen LogP contribution in [0.4, 0.5) is 0 Å². The third kappa shape index (κ3) is 4.29. The SMILES string of the molecule is CC1CN(C(=O)CCCCC(=O)O)CC(C)N1C. The Labute approximate surface area is 109 Å². The van der Waals surface area contributed by atoms with Crippen molar-refractivity contribution >= 4 is 11.9 Å². The van der Waals surface area contributed by atoms with Crippen LogP contribution in [0, 0.1) is 0 Å². The van der Waals surface area contributed by atoms with E-state index >= 15 is 0 Å². The van der Waals surface area contributed by atoms with Gasteiger partial charge in [-0.1, -0.05) is 0 Å². The van der Waals surface area contributed by atoms with Crippen molar-refractivity contribution in [3.8, 4) is 0 Å². The number of nitrogens with zero attached hydrogens (tertiary/aromatic N) is 2. The van der Waals surface area contributed by atoms with Crippen molar-refractivity contribution < 1.29 is 14.7 Å². The number of piperazine rings is 1. The van der Waals surface area contributed by atoms with Gasteiger partial charge >= 0.3 is 5.97 Å². The highest BCUT2D eigenvalue weighted by Crippen LogP contribution is 2.15. The summed E-state index contributed by atoms with van der Waals surface area (Å²) in [6, 6.07) is 0.772. The van der Waals surface area contributed by atoms with Crippen molar-refractivity contribution in [1.29, 1.82) is 0 Å². The van der Waals surface area contributed by atoms with Gasteiger partial charge < -0.3 is 10.0 Å². The topological polar surface area (TPSA) is 60.9 Å². The Bertz CT molecular complexity index is 295. The molecule has 0 bridgehead atoms. The molecule has 1 heterocycles. The van der Waals surface area contributed by atoms with Crippen LogP contribution < -0.4 is 0 Å². The van der Waals surface area contributed by atoms with Crippen molar-refractivity contribution in [3.63, 3.8) is 0 Å². The Morgan fingerprint density at radius 1 is 1.11 bits per heavy atom. The zero-order valence-corrected chi connectivity index (χ0v) is 11.6. The van der Waals surface area contributed by atoms with E-state index in [4.69, 9.17) is 5.11 Å². The fourth-order valence-electron chi connectivity index (χ4n) is 2.32. The molecule has 1 saturated heterocycles. The molecule has 1 amide bonds. The van der Waals surface area contributed by atoms with Crippen molar-refractivity contribution in [2.45, 2.75) is 51.6 Å². The van der Waals surface area contributed by atoms with Gasteiger partial charge in [-0.25, -0.2) is 0 Å². The second-order valence-corrected chi connectivity index (χ2v) is 5.26. The van der Waals surface area contributed by atoms with Gasteiger partial charge in [0, 0.05) is 38.0 Å². The summed E-state index contributed by atoms with van der Waals surface area (Å²) in [6.07, 6.45) is 1.87. The molecule has 1 aliphatic heterocycles. The lowest BCUT2D eigenvalue weighted by atomic mass is 10.1. The molecule has 0 aromatic carbocycles. The van der Waals surface area contributed by atoms with Crippen LogP contribution in [0.15, 0.2) is 0 Å². The number of hydrogen-bond acceptors (Lipinski definition) is 3. The largest absolute Gasteiger partial charge is 0.481 e. The molecule has 0 saturated carbocycles. The Morgan fingerprint density at radius 2 is 1.61 bits per heavy atom. The monoisotopic (exact) mass is 256 g/mol. The van der Waals surface area contributed by atoms with Gasteiger partial charge in [-0.15, -0.1) is 0 Å². The lowest BCUT2D eigenvalue weighted by Gasteiger charge is -2.42. The molecule has 1 rings (SSSR count). The summed E-state index contributed by atoms with van der Waals surface area (Å²) in [5.41, 5.74) is 0. The molecular formula is C13H24N2O3. The molecule has 1 N–H and O–H groups in total. The zero-order valence-electron chi connectivity index (χ0n) is 11.6. The first kappa shape index (κ1) is 15.0. The standard InChI is InChI=1S/C13H24N2O3/c1-10-8-15(9-11(2)14(10)3)12(16)6-4-5-7-13(17)18/h10-11H,4-9H2,1-3H3,(H,17,18). The van der Waals surface area contributed by atoms with Crippen molar-refractivity contribution in [3.05, 3.63) is 0 Å². The second-order valence-electron chi connectivity index (χ2n) is 5.26. The third-order valence-corrected chi connectivity index (χ3v) is 3.74. The van der Waals surface area contributed by atoms with Crippen LogP contribution in [0.25, 0.3) is 0 Å². The minimum Gasteiger partial charge on any atom is -0.481 e. The van der Waals surface area contributed by atoms with Gasteiger partial charge in [0.2, 0.25) is 5.91 Å². The van der Waals surface area contributed by atoms with E-state index in [-0.39, 0.29) is 12.3 Å². The van der Waals surface area contributed by atoms with Gasteiger partial charge in [0.25, 0.3) is 0 Å². The first-order chi connectivity index (χ1) is 8.41. The van der Waals surface area contributed by atoms with Crippen LogP contribution >= 0.6 is 0 Å². The van der Waals surface area contributed by atoms with Crippen LogP contribution in [-0.4, -0.2) is 59.0 Å². The molecule has 104 valence electrons. The van der Waals surface area contributed by atoms with Gasteiger partial charge in [0.05, 0.1) is 0 Å². The highest BCUT2D eigenvalue weighted by atomic mass is 16.4. The molecule has 5 heteroatoms. The summed E-state index contributed by atoms with van der Waals surface area (Å²) in [4.78, 5) is 26.6. The summed E-state index contributed by atoms with van der Waals surface area (Å²) in [6.45, 7) is 5.80. The van der Waals surface area contributed by atoms with Gasteiger partial charge in [-0.3, -0.25) is 14.5 Å². The van der Waals surface area contributed by atoms with Gasteiger partial charge in [-0.05, 0) is 33.7 Å². The van der Waals surface area contributed by atoms with E-state index in [0.717, 1.165) is 13.1 Å². The number of aliphatic carboxylic acids is 1. The van der Waals surface area contributed by atoms with Gasteiger partial charge in [-0.2, -0.15) is 0 Å². The molecule has 1 aliphatic rings. The van der Waals surface area contributed by atoms with Crippen LogP contribution in [0.2, 0.25) is 0 Å². The van der Waals surface area contributed by atoms with Crippen LogP contribution in [0.5, 0.6) is 0 Å². The highest BCUT2D eigenvalue weighted by Gasteiger charge is 2.28. The molecule has 0 aliphatic carbocycles. The Hall–Kier alpha value is -1.10. The maximum absolute atomic E-state index is 12.0. The second kappa shape index (κ2) is 6.73. The van der Waals surface area contributed by atoms with E-state index in [1.165, 1.54) is 0 Å². The number of rotatable bonds is 5. The number of hydrogen-bond donors (Lipinski definition) is 1. The summed E-state index contributed by atoms with van der Waals surface area (Å²) in [7, 11) is 2.09. The average molecular weight is 256 g/mol. The maximum Gasteiger partial charge on any atom is 0.303 e. The van der Waals surface area contributed by atoms with E-state index in [1.807, 2.05) is 4.90 Å². The molecule has 0 radical (unpaired) electrons. The normalized spacial score (nSPS) is 25.2. The summed E-state index contributed by atoms with van der Waals surface area (Å²) < 4.78 is 0. The fraction of sp³-hybridized carbons (Fsp3) is 0.846. The average Bonchev–Trinajstić information content (AvgIpc) is 2.30. The number of amides is 1. The van der Waals surface area contributed by atoms with Crippen LogP contribution in [0.3, 0.4) is 0 Å². The Morgan fingerprint density at radius 3 is 2.11 bits per heavy atom. The number of carbonyl (C=O) groups is 2. The van der Waals surface area contributed by atoms with E-state index in [2.05, 4.69) is 25.8 Å².